The zero-order chi connectivity index (χ0) is 28.8. The number of aliphatic hydroxyl groups excluding tert-OH is 1. The van der Waals surface area contributed by atoms with Crippen LogP contribution >= 0.6 is 0 Å². The van der Waals surface area contributed by atoms with E-state index >= 15 is 0 Å². The van der Waals surface area contributed by atoms with Gasteiger partial charge in [0.05, 0.1) is 38.5 Å². The number of unbranched alkanes of at least 4 members (excludes halogenated alkanes) is 2. The molecule has 2 aromatic carbocycles. The standard InChI is InChI=1S/C31H38N2O8/c1-3-4-5-14-39-23-8-6-21(19-25(23)37-2)28-27(29(34)22-7-9-24-26(20-22)41-18-17-40-24)30(35)31(36)33(28)11-10-32-12-15-38-16-13-32/h6-9,19-20,28,34H,3-5,10-18H2,1-2H3/b29-27+. The van der Waals surface area contributed by atoms with Crippen LogP contribution in [0.1, 0.15) is 43.4 Å². The van der Waals surface area contributed by atoms with Crippen LogP contribution in [0.25, 0.3) is 5.76 Å². The van der Waals surface area contributed by atoms with Crippen molar-refractivity contribution < 1.29 is 38.4 Å². The van der Waals surface area contributed by atoms with Gasteiger partial charge in [0.15, 0.2) is 23.0 Å². The maximum atomic E-state index is 13.5. The Labute approximate surface area is 240 Å². The summed E-state index contributed by atoms with van der Waals surface area (Å²) in [7, 11) is 1.56. The Morgan fingerprint density at radius 2 is 1.73 bits per heavy atom. The minimum absolute atomic E-state index is 0.0207. The largest absolute Gasteiger partial charge is 0.507 e. The summed E-state index contributed by atoms with van der Waals surface area (Å²) in [5.74, 6) is 0.475. The summed E-state index contributed by atoms with van der Waals surface area (Å²) in [6.07, 6.45) is 3.09. The first-order valence-corrected chi connectivity index (χ1v) is 14.3. The third-order valence-electron chi connectivity index (χ3n) is 7.63. The van der Waals surface area contributed by atoms with Gasteiger partial charge < -0.3 is 33.7 Å². The van der Waals surface area contributed by atoms with E-state index in [1.165, 1.54) is 4.90 Å². The van der Waals surface area contributed by atoms with Crippen molar-refractivity contribution in [2.45, 2.75) is 32.2 Å². The number of carbonyl (C=O) groups is 2. The molecule has 2 saturated heterocycles. The van der Waals surface area contributed by atoms with Gasteiger partial charge >= 0.3 is 0 Å². The number of rotatable bonds is 11. The molecule has 5 rings (SSSR count). The monoisotopic (exact) mass is 566 g/mol. The molecule has 2 fully saturated rings. The number of likely N-dealkylation sites (tertiary alicyclic amines) is 1. The lowest BCUT2D eigenvalue weighted by Gasteiger charge is -2.31. The molecular formula is C31H38N2O8. The van der Waals surface area contributed by atoms with Crippen LogP contribution in [0.2, 0.25) is 0 Å². The predicted molar refractivity (Wildman–Crippen MR) is 152 cm³/mol. The van der Waals surface area contributed by atoms with Crippen molar-refractivity contribution in [1.29, 1.82) is 0 Å². The smallest absolute Gasteiger partial charge is 0.295 e. The highest BCUT2D eigenvalue weighted by Gasteiger charge is 2.46. The highest BCUT2D eigenvalue weighted by atomic mass is 16.6. The summed E-state index contributed by atoms with van der Waals surface area (Å²) in [5.41, 5.74) is 1.03. The summed E-state index contributed by atoms with van der Waals surface area (Å²) >= 11 is 0. The van der Waals surface area contributed by atoms with Crippen molar-refractivity contribution >= 4 is 17.4 Å². The quantitative estimate of drug-likeness (QED) is 0.188. The fraction of sp³-hybridized carbons (Fsp3) is 0.484. The molecule has 41 heavy (non-hydrogen) atoms. The first-order valence-electron chi connectivity index (χ1n) is 14.3. The average molecular weight is 567 g/mol. The molecule has 3 heterocycles. The van der Waals surface area contributed by atoms with Crippen molar-refractivity contribution in [1.82, 2.24) is 9.80 Å². The lowest BCUT2D eigenvalue weighted by molar-refractivity contribution is -0.140. The van der Waals surface area contributed by atoms with E-state index in [0.717, 1.165) is 32.4 Å². The van der Waals surface area contributed by atoms with Crippen LogP contribution in [0, 0.1) is 0 Å². The summed E-state index contributed by atoms with van der Waals surface area (Å²) in [4.78, 5) is 30.7. The predicted octanol–water partition coefficient (Wildman–Crippen LogP) is 3.79. The Bertz CT molecular complexity index is 1290. The van der Waals surface area contributed by atoms with E-state index in [1.54, 1.807) is 37.4 Å². The van der Waals surface area contributed by atoms with Crippen molar-refractivity contribution in [2.75, 3.05) is 66.3 Å². The van der Waals surface area contributed by atoms with Gasteiger partial charge in [-0.2, -0.15) is 0 Å². The number of amides is 1. The molecule has 1 unspecified atom stereocenters. The summed E-state index contributed by atoms with van der Waals surface area (Å²) < 4.78 is 28.4. The molecule has 0 radical (unpaired) electrons. The van der Waals surface area contributed by atoms with Crippen molar-refractivity contribution in [2.24, 2.45) is 0 Å². The van der Waals surface area contributed by atoms with Gasteiger partial charge in [-0.1, -0.05) is 25.8 Å². The van der Waals surface area contributed by atoms with Gasteiger partial charge in [0.1, 0.15) is 19.0 Å². The zero-order valence-corrected chi connectivity index (χ0v) is 23.7. The molecule has 1 amide bonds. The number of ether oxygens (including phenoxy) is 5. The van der Waals surface area contributed by atoms with Crippen LogP contribution in [-0.2, 0) is 14.3 Å². The Kier molecular flexibility index (Phi) is 9.31. The number of ketones is 1. The van der Waals surface area contributed by atoms with Crippen molar-refractivity contribution in [3.8, 4) is 23.0 Å². The Morgan fingerprint density at radius 1 is 0.951 bits per heavy atom. The Hall–Kier alpha value is -3.76. The molecule has 1 atom stereocenters. The van der Waals surface area contributed by atoms with Gasteiger partial charge in [0.25, 0.3) is 11.7 Å². The SMILES string of the molecule is CCCCCOc1ccc(C2/C(=C(\O)c3ccc4c(c3)OCCO4)C(=O)C(=O)N2CCN2CCOCC2)cc1OC. The number of hydrogen-bond donors (Lipinski definition) is 1. The first kappa shape index (κ1) is 28.8. The van der Waals surface area contributed by atoms with Crippen LogP contribution in [0.3, 0.4) is 0 Å². The summed E-state index contributed by atoms with van der Waals surface area (Å²) in [6.45, 7) is 7.17. The molecule has 0 aliphatic carbocycles. The Balaban J connectivity index is 1.51. The number of fused-ring (bicyclic) bond motifs is 1. The number of nitrogens with zero attached hydrogens (tertiary/aromatic N) is 2. The number of carbonyl (C=O) groups excluding carboxylic acids is 2. The third kappa shape index (κ3) is 6.28. The maximum absolute atomic E-state index is 13.5. The first-order chi connectivity index (χ1) is 20.0. The van der Waals surface area contributed by atoms with Crippen LogP contribution < -0.4 is 18.9 Å². The second kappa shape index (κ2) is 13.3. The van der Waals surface area contributed by atoms with E-state index < -0.39 is 17.7 Å². The third-order valence-corrected chi connectivity index (χ3v) is 7.63. The van der Waals surface area contributed by atoms with Crippen LogP contribution in [-0.4, -0.2) is 92.9 Å². The molecule has 10 nitrogen and oxygen atoms in total. The number of Topliss-reactive ketones (excluding diaryl/α,β-unsaturated/α-hetero) is 1. The number of aliphatic hydroxyl groups is 1. The van der Waals surface area contributed by atoms with Gasteiger partial charge in [0, 0.05) is 31.7 Å². The van der Waals surface area contributed by atoms with E-state index in [4.69, 9.17) is 23.7 Å². The Morgan fingerprint density at radius 3 is 2.49 bits per heavy atom. The zero-order valence-electron chi connectivity index (χ0n) is 23.7. The lowest BCUT2D eigenvalue weighted by Crippen LogP contribution is -2.42. The number of benzene rings is 2. The van der Waals surface area contributed by atoms with Gasteiger partial charge in [-0.25, -0.2) is 0 Å². The molecule has 0 saturated carbocycles. The summed E-state index contributed by atoms with van der Waals surface area (Å²) in [6, 6.07) is 9.59. The van der Waals surface area contributed by atoms with E-state index in [9.17, 15) is 14.7 Å². The molecule has 3 aliphatic heterocycles. The van der Waals surface area contributed by atoms with Gasteiger partial charge in [-0.3, -0.25) is 14.5 Å². The average Bonchev–Trinajstić information content (AvgIpc) is 3.27. The molecule has 220 valence electrons. The normalized spacial score (nSPS) is 20.3. The second-order valence-corrected chi connectivity index (χ2v) is 10.3. The van der Waals surface area contributed by atoms with Gasteiger partial charge in [-0.05, 0) is 42.3 Å². The van der Waals surface area contributed by atoms with Crippen LogP contribution in [0.15, 0.2) is 42.0 Å². The van der Waals surface area contributed by atoms with E-state index in [2.05, 4.69) is 11.8 Å². The molecule has 0 aromatic heterocycles. The van der Waals surface area contributed by atoms with Crippen LogP contribution in [0.5, 0.6) is 23.0 Å². The number of methoxy groups -OCH3 is 1. The molecule has 3 aliphatic rings. The number of hydrogen-bond acceptors (Lipinski definition) is 9. The molecule has 10 heteroatoms. The lowest BCUT2D eigenvalue weighted by atomic mass is 9.94. The molecule has 2 aromatic rings. The summed E-state index contributed by atoms with van der Waals surface area (Å²) in [5, 5.41) is 11.5. The van der Waals surface area contributed by atoms with E-state index in [1.807, 2.05) is 6.07 Å². The van der Waals surface area contributed by atoms with Crippen molar-refractivity contribution in [3.63, 3.8) is 0 Å². The van der Waals surface area contributed by atoms with E-state index in [-0.39, 0.29) is 11.3 Å². The molecule has 0 spiro atoms. The fourth-order valence-electron chi connectivity index (χ4n) is 5.38. The van der Waals surface area contributed by atoms with E-state index in [0.29, 0.717) is 80.2 Å². The minimum Gasteiger partial charge on any atom is -0.507 e. The second-order valence-electron chi connectivity index (χ2n) is 10.3. The van der Waals surface area contributed by atoms with Gasteiger partial charge in [0.2, 0.25) is 0 Å². The number of morpholine rings is 1. The van der Waals surface area contributed by atoms with Crippen LogP contribution in [0.4, 0.5) is 0 Å². The molecule has 0 bridgehead atoms. The highest BCUT2D eigenvalue weighted by Crippen LogP contribution is 2.43. The fourth-order valence-corrected chi connectivity index (χ4v) is 5.38. The van der Waals surface area contributed by atoms with Gasteiger partial charge in [-0.15, -0.1) is 0 Å². The molecular weight excluding hydrogens is 528 g/mol. The maximum Gasteiger partial charge on any atom is 0.295 e. The molecule has 1 N–H and O–H groups in total. The van der Waals surface area contributed by atoms with Crippen molar-refractivity contribution in [3.05, 3.63) is 53.1 Å². The highest BCUT2D eigenvalue weighted by molar-refractivity contribution is 6.46. The minimum atomic E-state index is -0.813. The topological polar surface area (TPSA) is 107 Å².